The van der Waals surface area contributed by atoms with Crippen LogP contribution >= 0.6 is 12.4 Å². The van der Waals surface area contributed by atoms with Crippen molar-refractivity contribution in [3.8, 4) is 0 Å². The second-order valence-electron chi connectivity index (χ2n) is 10.4. The Morgan fingerprint density at radius 1 is 1.33 bits per heavy atom. The highest BCUT2D eigenvalue weighted by Gasteiger charge is 2.68. The van der Waals surface area contributed by atoms with Gasteiger partial charge in [-0.2, -0.15) is 0 Å². The van der Waals surface area contributed by atoms with Crippen molar-refractivity contribution in [1.82, 2.24) is 5.32 Å². The van der Waals surface area contributed by atoms with Crippen LogP contribution in [0.4, 0.5) is 4.39 Å². The van der Waals surface area contributed by atoms with Crippen molar-refractivity contribution in [2.45, 2.75) is 77.1 Å². The van der Waals surface area contributed by atoms with Crippen molar-refractivity contribution in [2.24, 2.45) is 23.0 Å². The van der Waals surface area contributed by atoms with Gasteiger partial charge in [-0.1, -0.05) is 32.0 Å². The van der Waals surface area contributed by atoms with Crippen LogP contribution in [-0.4, -0.2) is 36.2 Å². The Morgan fingerprint density at radius 3 is 2.60 bits per heavy atom. The molecule has 8 heteroatoms. The Labute approximate surface area is 185 Å². The predicted octanol–water partition coefficient (Wildman–Crippen LogP) is 3.28. The average Bonchev–Trinajstić information content (AvgIpc) is 2.98. The van der Waals surface area contributed by atoms with Gasteiger partial charge in [-0.3, -0.25) is 4.79 Å². The van der Waals surface area contributed by atoms with E-state index in [1.807, 2.05) is 0 Å². The molecule has 3 aliphatic carbocycles. The first-order valence-corrected chi connectivity index (χ1v) is 10.6. The number of halogens is 2. The number of benzene rings is 1. The molecule has 166 valence electrons. The first-order chi connectivity index (χ1) is 13.4. The summed E-state index contributed by atoms with van der Waals surface area (Å²) in [6.07, 6.45) is 2.38. The molecule has 3 saturated carbocycles. The lowest BCUT2D eigenvalue weighted by Gasteiger charge is -2.64. The molecule has 5 nitrogen and oxygen atoms in total. The van der Waals surface area contributed by atoms with Crippen molar-refractivity contribution < 1.29 is 18.5 Å². The van der Waals surface area contributed by atoms with Gasteiger partial charge in [0.1, 0.15) is 5.82 Å². The molecule has 1 aromatic carbocycles. The molecule has 4 aliphatic rings. The van der Waals surface area contributed by atoms with Crippen molar-refractivity contribution in [1.29, 1.82) is 0 Å². The number of hydrogen-bond donors (Lipinski definition) is 2. The molecule has 1 heterocycles. The van der Waals surface area contributed by atoms with Gasteiger partial charge in [0.25, 0.3) is 0 Å². The molecule has 2 bridgehead atoms. The third-order valence-electron chi connectivity index (χ3n) is 7.60. The van der Waals surface area contributed by atoms with E-state index in [2.05, 4.69) is 26.1 Å². The lowest BCUT2D eigenvalue weighted by atomic mass is 9.43. The van der Waals surface area contributed by atoms with Gasteiger partial charge in [-0.15, -0.1) is 12.4 Å². The van der Waals surface area contributed by atoms with Gasteiger partial charge in [0.2, 0.25) is 5.91 Å². The van der Waals surface area contributed by atoms with Crippen LogP contribution in [0.15, 0.2) is 24.3 Å². The molecule has 0 radical (unpaired) electrons. The van der Waals surface area contributed by atoms with Crippen LogP contribution in [-0.2, 0) is 20.5 Å². The number of hydrogen-bond acceptors (Lipinski definition) is 4. The monoisotopic (exact) mass is 438 g/mol. The molecular weight excluding hydrogens is 406 g/mol. The van der Waals surface area contributed by atoms with Crippen molar-refractivity contribution in [3.05, 3.63) is 35.6 Å². The van der Waals surface area contributed by atoms with Crippen molar-refractivity contribution in [3.63, 3.8) is 0 Å². The first-order valence-electron chi connectivity index (χ1n) is 10.6. The highest BCUT2D eigenvalue weighted by Crippen LogP contribution is 2.65. The van der Waals surface area contributed by atoms with Gasteiger partial charge in [-0.05, 0) is 68.9 Å². The van der Waals surface area contributed by atoms with E-state index in [4.69, 9.17) is 15.0 Å². The van der Waals surface area contributed by atoms with E-state index in [9.17, 15) is 9.18 Å². The van der Waals surface area contributed by atoms with E-state index in [0.717, 1.165) is 12.8 Å². The zero-order valence-electron chi connectivity index (χ0n) is 18.4. The number of nitrogens with one attached hydrogen (secondary N) is 1. The minimum absolute atomic E-state index is 0. The van der Waals surface area contributed by atoms with E-state index in [1.165, 1.54) is 6.07 Å². The summed E-state index contributed by atoms with van der Waals surface area (Å²) < 4.78 is 27.2. The fourth-order valence-electron chi connectivity index (χ4n) is 5.54. The summed E-state index contributed by atoms with van der Waals surface area (Å²) in [7, 11) is -0.633. The largest absolute Gasteiger partial charge is 0.482 e. The summed E-state index contributed by atoms with van der Waals surface area (Å²) in [6, 6.07) is 6.60. The third kappa shape index (κ3) is 3.79. The number of carbonyl (C=O) groups is 1. The van der Waals surface area contributed by atoms with Crippen LogP contribution in [0.2, 0.25) is 0 Å². The maximum atomic E-state index is 14.3. The zero-order chi connectivity index (χ0) is 21.2. The molecule has 30 heavy (non-hydrogen) atoms. The molecule has 1 aromatic rings. The number of nitrogens with two attached hydrogens (primary N) is 1. The number of rotatable bonds is 5. The van der Waals surface area contributed by atoms with E-state index in [0.29, 0.717) is 17.4 Å². The normalized spacial score (nSPS) is 32.5. The molecule has 0 spiro atoms. The van der Waals surface area contributed by atoms with E-state index in [1.54, 1.807) is 32.0 Å². The standard InChI is InChI=1S/C22H32BFN2O3.ClH/c1-20(2)14-11-16(20)22(5)17(12-14)28-23(29-22)18(26-19(27)21(3,4)25)10-13-8-6-7-9-15(13)24;/h6-9,14,16-18H,10-12,25H2,1-5H3,(H,26,27);1H/t14?,16?,17?,18-,22?;/m0./s1. The second kappa shape index (κ2) is 7.77. The van der Waals surface area contributed by atoms with Gasteiger partial charge in [0.05, 0.1) is 23.2 Å². The Kier molecular flexibility index (Phi) is 6.09. The maximum absolute atomic E-state index is 14.3. The van der Waals surface area contributed by atoms with Crippen molar-refractivity contribution >= 4 is 25.4 Å². The van der Waals surface area contributed by atoms with Crippen LogP contribution < -0.4 is 11.1 Å². The molecule has 4 fully saturated rings. The quantitative estimate of drug-likeness (QED) is 0.692. The Bertz CT molecular complexity index is 818. The van der Waals surface area contributed by atoms with E-state index >= 15 is 0 Å². The summed E-state index contributed by atoms with van der Waals surface area (Å²) in [5, 5.41) is 2.97. The topological polar surface area (TPSA) is 73.6 Å². The smallest absolute Gasteiger partial charge is 0.404 e. The Hall–Kier alpha value is -1.15. The molecule has 5 rings (SSSR count). The van der Waals surface area contributed by atoms with E-state index < -0.39 is 18.6 Å². The lowest BCUT2D eigenvalue weighted by molar-refractivity contribution is -0.199. The Balaban J connectivity index is 0.00000256. The zero-order valence-corrected chi connectivity index (χ0v) is 19.2. The van der Waals surface area contributed by atoms with Crippen LogP contribution in [0, 0.1) is 23.1 Å². The van der Waals surface area contributed by atoms with Gasteiger partial charge < -0.3 is 20.4 Å². The molecular formula is C22H33BClFN2O3. The van der Waals surface area contributed by atoms with Gasteiger partial charge in [0, 0.05) is 0 Å². The molecule has 1 amide bonds. The number of carbonyl (C=O) groups excluding carboxylic acids is 1. The van der Waals surface area contributed by atoms with E-state index in [-0.39, 0.29) is 47.7 Å². The van der Waals surface area contributed by atoms with Crippen LogP contribution in [0.1, 0.15) is 53.0 Å². The minimum atomic E-state index is -1.05. The number of amides is 1. The van der Waals surface area contributed by atoms with Crippen LogP contribution in [0.3, 0.4) is 0 Å². The van der Waals surface area contributed by atoms with Crippen LogP contribution in [0.25, 0.3) is 0 Å². The molecule has 0 aromatic heterocycles. The molecule has 3 N–H and O–H groups in total. The first kappa shape index (κ1) is 23.5. The lowest BCUT2D eigenvalue weighted by Crippen LogP contribution is -2.65. The highest BCUT2D eigenvalue weighted by atomic mass is 35.5. The van der Waals surface area contributed by atoms with Gasteiger partial charge >= 0.3 is 7.12 Å². The molecule has 1 aliphatic heterocycles. The predicted molar refractivity (Wildman–Crippen MR) is 118 cm³/mol. The summed E-state index contributed by atoms with van der Waals surface area (Å²) in [6.45, 7) is 10.0. The Morgan fingerprint density at radius 2 is 2.00 bits per heavy atom. The average molecular weight is 439 g/mol. The summed E-state index contributed by atoms with van der Waals surface area (Å²) in [5.41, 5.74) is 5.30. The second-order valence-corrected chi connectivity index (χ2v) is 10.4. The van der Waals surface area contributed by atoms with Crippen molar-refractivity contribution in [2.75, 3.05) is 0 Å². The maximum Gasteiger partial charge on any atom is 0.482 e. The summed E-state index contributed by atoms with van der Waals surface area (Å²) in [5.74, 6) is -0.0838. The fraction of sp³-hybridized carbons (Fsp3) is 0.682. The molecule has 1 saturated heterocycles. The fourth-order valence-corrected chi connectivity index (χ4v) is 5.54. The summed E-state index contributed by atoms with van der Waals surface area (Å²) >= 11 is 0. The summed E-state index contributed by atoms with van der Waals surface area (Å²) in [4.78, 5) is 12.6. The van der Waals surface area contributed by atoms with Crippen LogP contribution in [0.5, 0.6) is 0 Å². The van der Waals surface area contributed by atoms with Gasteiger partial charge in [0.15, 0.2) is 0 Å². The molecule has 4 unspecified atom stereocenters. The minimum Gasteiger partial charge on any atom is -0.404 e. The molecule has 5 atom stereocenters. The SMILES string of the molecule is CC(C)(N)C(=O)N[C@@H](Cc1ccccc1F)B1OC2CC3CC(C3(C)C)C2(C)O1.Cl. The highest BCUT2D eigenvalue weighted by molar-refractivity contribution is 6.48. The van der Waals surface area contributed by atoms with Gasteiger partial charge in [-0.25, -0.2) is 4.39 Å². The third-order valence-corrected chi connectivity index (χ3v) is 7.60.